The van der Waals surface area contributed by atoms with Gasteiger partial charge in [0.05, 0.1) is 0 Å². The van der Waals surface area contributed by atoms with Gasteiger partial charge in [0.1, 0.15) is 12.4 Å². The smallest absolute Gasteiger partial charge is 0.479 e. The van der Waals surface area contributed by atoms with Gasteiger partial charge in [0.2, 0.25) is 0 Å². The highest BCUT2D eigenvalue weighted by atomic mass is 16.7. The number of hydrogen-bond donors (Lipinski definition) is 0. The summed E-state index contributed by atoms with van der Waals surface area (Å²) in [6.45, 7) is 5.12. The highest BCUT2D eigenvalue weighted by Crippen LogP contribution is 2.13. The Morgan fingerprint density at radius 1 is 1.32 bits per heavy atom. The van der Waals surface area contributed by atoms with E-state index >= 15 is 0 Å². The van der Waals surface area contributed by atoms with Gasteiger partial charge < -0.3 is 14.2 Å². The summed E-state index contributed by atoms with van der Waals surface area (Å²) in [7, 11) is 0. The standard InChI is InChI=1S/C14H16O5/c1-3-10-17-14(16)19-13(15)12(4-2)18-11-8-6-5-7-9-11/h3,5-9,12H,1,4,10H2,2H3. The fourth-order valence-corrected chi connectivity index (χ4v) is 1.27. The molecule has 5 heteroatoms. The first-order valence-electron chi connectivity index (χ1n) is 5.88. The number of hydrogen-bond acceptors (Lipinski definition) is 5. The van der Waals surface area contributed by atoms with Crippen LogP contribution >= 0.6 is 0 Å². The van der Waals surface area contributed by atoms with Crippen LogP contribution in [0.1, 0.15) is 13.3 Å². The van der Waals surface area contributed by atoms with E-state index in [1.54, 1.807) is 31.2 Å². The van der Waals surface area contributed by atoms with E-state index in [0.29, 0.717) is 12.2 Å². The molecule has 0 aliphatic rings. The van der Waals surface area contributed by atoms with Gasteiger partial charge in [-0.3, -0.25) is 0 Å². The Balaban J connectivity index is 2.52. The minimum atomic E-state index is -1.06. The van der Waals surface area contributed by atoms with Crippen LogP contribution in [0.4, 0.5) is 4.79 Å². The first-order valence-corrected chi connectivity index (χ1v) is 5.88. The second-order valence-electron chi connectivity index (χ2n) is 3.60. The molecule has 1 rings (SSSR count). The van der Waals surface area contributed by atoms with Crippen LogP contribution in [0.3, 0.4) is 0 Å². The highest BCUT2D eigenvalue weighted by molar-refractivity contribution is 5.85. The highest BCUT2D eigenvalue weighted by Gasteiger charge is 2.23. The van der Waals surface area contributed by atoms with Crippen LogP contribution in [0, 0.1) is 0 Å². The molecule has 0 saturated heterocycles. The average Bonchev–Trinajstić information content (AvgIpc) is 2.43. The third-order valence-corrected chi connectivity index (χ3v) is 2.16. The molecule has 0 aliphatic carbocycles. The van der Waals surface area contributed by atoms with Crippen molar-refractivity contribution in [2.75, 3.05) is 6.61 Å². The van der Waals surface area contributed by atoms with Gasteiger partial charge in [-0.15, -0.1) is 0 Å². The maximum Gasteiger partial charge on any atom is 0.516 e. The van der Waals surface area contributed by atoms with Crippen molar-refractivity contribution in [3.8, 4) is 5.75 Å². The van der Waals surface area contributed by atoms with Gasteiger partial charge >= 0.3 is 12.1 Å². The summed E-state index contributed by atoms with van der Waals surface area (Å²) < 4.78 is 14.5. The van der Waals surface area contributed by atoms with Crippen molar-refractivity contribution in [1.82, 2.24) is 0 Å². The zero-order chi connectivity index (χ0) is 14.1. The second-order valence-corrected chi connectivity index (χ2v) is 3.60. The second kappa shape index (κ2) is 7.92. The summed E-state index contributed by atoms with van der Waals surface area (Å²) in [6, 6.07) is 8.83. The molecular formula is C14H16O5. The monoisotopic (exact) mass is 264 g/mol. The van der Waals surface area contributed by atoms with Crippen molar-refractivity contribution in [2.24, 2.45) is 0 Å². The summed E-state index contributed by atoms with van der Waals surface area (Å²) >= 11 is 0. The maximum atomic E-state index is 11.7. The fraction of sp³-hybridized carbons (Fsp3) is 0.286. The van der Waals surface area contributed by atoms with E-state index in [1.807, 2.05) is 6.07 Å². The van der Waals surface area contributed by atoms with E-state index in [-0.39, 0.29) is 6.61 Å². The Morgan fingerprint density at radius 3 is 2.58 bits per heavy atom. The van der Waals surface area contributed by atoms with Crippen LogP contribution in [-0.4, -0.2) is 24.8 Å². The van der Waals surface area contributed by atoms with Crippen molar-refractivity contribution in [1.29, 1.82) is 0 Å². The van der Waals surface area contributed by atoms with Gasteiger partial charge in [0.25, 0.3) is 0 Å². The Bertz CT molecular complexity index is 427. The molecule has 0 N–H and O–H groups in total. The molecule has 5 nitrogen and oxygen atoms in total. The van der Waals surface area contributed by atoms with E-state index in [0.717, 1.165) is 0 Å². The zero-order valence-corrected chi connectivity index (χ0v) is 10.7. The van der Waals surface area contributed by atoms with Crippen LogP contribution in [-0.2, 0) is 14.3 Å². The molecule has 0 spiro atoms. The molecule has 1 atom stereocenters. The Hall–Kier alpha value is -2.30. The number of esters is 1. The summed E-state index contributed by atoms with van der Waals surface area (Å²) in [5.74, 6) is -0.244. The van der Waals surface area contributed by atoms with E-state index in [1.165, 1.54) is 6.08 Å². The van der Waals surface area contributed by atoms with Gasteiger partial charge in [0, 0.05) is 0 Å². The van der Waals surface area contributed by atoms with Crippen LogP contribution in [0.5, 0.6) is 5.75 Å². The van der Waals surface area contributed by atoms with Crippen LogP contribution in [0.15, 0.2) is 43.0 Å². The quantitative estimate of drug-likeness (QED) is 0.449. The minimum absolute atomic E-state index is 0.0115. The topological polar surface area (TPSA) is 61.8 Å². The molecular weight excluding hydrogens is 248 g/mol. The number of para-hydroxylation sites is 1. The number of benzene rings is 1. The van der Waals surface area contributed by atoms with Crippen molar-refractivity contribution in [3.05, 3.63) is 43.0 Å². The molecule has 0 saturated carbocycles. The number of rotatable bonds is 6. The molecule has 0 bridgehead atoms. The average molecular weight is 264 g/mol. The summed E-state index contributed by atoms with van der Waals surface area (Å²) in [6.07, 6.45) is -0.148. The third-order valence-electron chi connectivity index (χ3n) is 2.16. The summed E-state index contributed by atoms with van der Waals surface area (Å²) in [5.41, 5.74) is 0. The van der Waals surface area contributed by atoms with E-state index in [2.05, 4.69) is 16.1 Å². The molecule has 0 heterocycles. The molecule has 1 aromatic carbocycles. The molecule has 0 aliphatic heterocycles. The van der Waals surface area contributed by atoms with Gasteiger partial charge in [0.15, 0.2) is 6.10 Å². The van der Waals surface area contributed by atoms with Crippen LogP contribution in [0.25, 0.3) is 0 Å². The number of ether oxygens (including phenoxy) is 3. The lowest BCUT2D eigenvalue weighted by atomic mass is 10.2. The molecule has 102 valence electrons. The number of carbonyl (C=O) groups is 2. The molecule has 19 heavy (non-hydrogen) atoms. The van der Waals surface area contributed by atoms with Crippen molar-refractivity contribution < 1.29 is 23.8 Å². The third kappa shape index (κ3) is 5.25. The Kier molecular flexibility index (Phi) is 6.15. The van der Waals surface area contributed by atoms with Gasteiger partial charge in [-0.1, -0.05) is 37.8 Å². The minimum Gasteiger partial charge on any atom is -0.479 e. The predicted molar refractivity (Wildman–Crippen MR) is 68.8 cm³/mol. The van der Waals surface area contributed by atoms with Gasteiger partial charge in [-0.05, 0) is 18.6 Å². The first-order chi connectivity index (χ1) is 9.17. The van der Waals surface area contributed by atoms with Crippen molar-refractivity contribution in [2.45, 2.75) is 19.4 Å². The fourth-order valence-electron chi connectivity index (χ4n) is 1.27. The zero-order valence-electron chi connectivity index (χ0n) is 10.7. The summed E-state index contributed by atoms with van der Waals surface area (Å²) in [5, 5.41) is 0. The molecule has 0 amide bonds. The van der Waals surface area contributed by atoms with Crippen LogP contribution in [0.2, 0.25) is 0 Å². The Labute approximate surface area is 111 Å². The molecule has 0 aromatic heterocycles. The lowest BCUT2D eigenvalue weighted by molar-refractivity contribution is -0.147. The van der Waals surface area contributed by atoms with Gasteiger partial charge in [-0.25, -0.2) is 9.59 Å². The lowest BCUT2D eigenvalue weighted by Gasteiger charge is -2.15. The Morgan fingerprint density at radius 2 is 2.00 bits per heavy atom. The first kappa shape index (κ1) is 14.8. The maximum absolute atomic E-state index is 11.7. The van der Waals surface area contributed by atoms with Crippen molar-refractivity contribution >= 4 is 12.1 Å². The molecule has 0 fully saturated rings. The SMILES string of the molecule is C=CCOC(=O)OC(=O)C(CC)Oc1ccccc1. The molecule has 0 radical (unpaired) electrons. The van der Waals surface area contributed by atoms with Gasteiger partial charge in [-0.2, -0.15) is 0 Å². The van der Waals surface area contributed by atoms with E-state index in [9.17, 15) is 9.59 Å². The van der Waals surface area contributed by atoms with E-state index in [4.69, 9.17) is 4.74 Å². The molecule has 1 unspecified atom stereocenters. The predicted octanol–water partition coefficient (Wildman–Crippen LogP) is 2.71. The molecule has 1 aromatic rings. The normalized spacial score (nSPS) is 11.2. The largest absolute Gasteiger partial charge is 0.516 e. The lowest BCUT2D eigenvalue weighted by Crippen LogP contribution is -2.30. The summed E-state index contributed by atoms with van der Waals surface area (Å²) in [4.78, 5) is 22.8. The number of carbonyl (C=O) groups excluding carboxylic acids is 2. The van der Waals surface area contributed by atoms with Crippen LogP contribution < -0.4 is 4.74 Å². The van der Waals surface area contributed by atoms with E-state index < -0.39 is 18.2 Å². The van der Waals surface area contributed by atoms with Crippen molar-refractivity contribution in [3.63, 3.8) is 0 Å².